The number of hydrogen-bond donors (Lipinski definition) is 2. The second kappa shape index (κ2) is 12.4. The Labute approximate surface area is 182 Å². The highest BCUT2D eigenvalue weighted by atomic mass is 16.5. The number of ether oxygens (including phenoxy) is 1. The van der Waals surface area contributed by atoms with Gasteiger partial charge in [0.15, 0.2) is 0 Å². The standard InChI is InChI=1S/C23H38O3.C2H4O2/c1-3-4-16-5-7-17(8-6-16)18-9-11-19(12-10-18)20-13-14-21(22(24)15-20)23(25)26-2;1-2(3)4/h16-20,24H,3-15H2,1-2H3;1H3,(H,3,4). The topological polar surface area (TPSA) is 83.8 Å². The Balaban J connectivity index is 0.000000735. The van der Waals surface area contributed by atoms with Gasteiger partial charge in [-0.05, 0) is 81.0 Å². The molecule has 0 spiro atoms. The number of carbonyl (C=O) groups is 2. The number of carboxylic acids is 1. The molecule has 0 bridgehead atoms. The lowest BCUT2D eigenvalue weighted by Gasteiger charge is -2.40. The molecule has 30 heavy (non-hydrogen) atoms. The minimum absolute atomic E-state index is 0.296. The van der Waals surface area contributed by atoms with Crippen molar-refractivity contribution < 1.29 is 24.5 Å². The maximum Gasteiger partial charge on any atom is 0.337 e. The van der Waals surface area contributed by atoms with Crippen LogP contribution in [0.5, 0.6) is 0 Å². The molecule has 1 unspecified atom stereocenters. The number of rotatable bonds is 5. The molecule has 2 fully saturated rings. The first-order valence-electron chi connectivity index (χ1n) is 12.0. The van der Waals surface area contributed by atoms with Crippen molar-refractivity contribution in [2.45, 2.75) is 97.3 Å². The molecule has 5 heteroatoms. The third-order valence-electron chi connectivity index (χ3n) is 7.74. The first-order valence-corrected chi connectivity index (χ1v) is 12.0. The van der Waals surface area contributed by atoms with Crippen molar-refractivity contribution in [2.24, 2.45) is 29.6 Å². The zero-order chi connectivity index (χ0) is 22.1. The number of carboxylic acid groups (broad SMARTS) is 1. The van der Waals surface area contributed by atoms with Crippen LogP contribution in [-0.2, 0) is 14.3 Å². The maximum atomic E-state index is 11.7. The molecule has 0 amide bonds. The zero-order valence-electron chi connectivity index (χ0n) is 19.2. The number of allylic oxidation sites excluding steroid dienone is 1. The van der Waals surface area contributed by atoms with Crippen LogP contribution in [0.4, 0.5) is 0 Å². The van der Waals surface area contributed by atoms with E-state index in [-0.39, 0.29) is 5.97 Å². The number of aliphatic hydroxyl groups is 1. The Kier molecular flexibility index (Phi) is 10.2. The lowest BCUT2D eigenvalue weighted by Crippen LogP contribution is -2.29. The highest BCUT2D eigenvalue weighted by molar-refractivity contribution is 5.89. The van der Waals surface area contributed by atoms with Crippen molar-refractivity contribution in [3.8, 4) is 0 Å². The lowest BCUT2D eigenvalue weighted by atomic mass is 9.65. The summed E-state index contributed by atoms with van der Waals surface area (Å²) in [5.74, 6) is 3.36. The number of aliphatic carboxylic acids is 1. The fourth-order valence-electron chi connectivity index (χ4n) is 6.14. The molecule has 2 saturated carbocycles. The lowest BCUT2D eigenvalue weighted by molar-refractivity contribution is -0.137. The van der Waals surface area contributed by atoms with E-state index in [9.17, 15) is 9.90 Å². The Bertz CT molecular complexity index is 576. The Morgan fingerprint density at radius 1 is 0.900 bits per heavy atom. The van der Waals surface area contributed by atoms with Crippen molar-refractivity contribution in [1.82, 2.24) is 0 Å². The summed E-state index contributed by atoms with van der Waals surface area (Å²) in [6.45, 7) is 3.40. The highest BCUT2D eigenvalue weighted by Crippen LogP contribution is 2.46. The molecular formula is C25H42O5. The molecule has 3 aliphatic rings. The molecule has 1 atom stereocenters. The SMILES string of the molecule is CC(=O)O.CCCC1CCC(C2CCC(C3CCC(C(=O)OC)=C(O)C3)CC2)CC1. The van der Waals surface area contributed by atoms with Crippen molar-refractivity contribution in [3.05, 3.63) is 11.3 Å². The van der Waals surface area contributed by atoms with Gasteiger partial charge in [0.25, 0.3) is 5.97 Å². The molecule has 3 rings (SSSR count). The summed E-state index contributed by atoms with van der Waals surface area (Å²) in [6.07, 6.45) is 16.5. The molecule has 0 aromatic rings. The van der Waals surface area contributed by atoms with Gasteiger partial charge >= 0.3 is 5.97 Å². The van der Waals surface area contributed by atoms with E-state index in [0.717, 1.165) is 37.0 Å². The normalized spacial score (nSPS) is 32.0. The summed E-state index contributed by atoms with van der Waals surface area (Å²) < 4.78 is 4.79. The van der Waals surface area contributed by atoms with Crippen molar-refractivity contribution in [1.29, 1.82) is 0 Å². The predicted molar refractivity (Wildman–Crippen MR) is 118 cm³/mol. The monoisotopic (exact) mass is 422 g/mol. The second-order valence-corrected chi connectivity index (χ2v) is 9.68. The van der Waals surface area contributed by atoms with E-state index in [2.05, 4.69) is 6.92 Å². The van der Waals surface area contributed by atoms with Crippen LogP contribution in [0.25, 0.3) is 0 Å². The van der Waals surface area contributed by atoms with Crippen LogP contribution in [0.15, 0.2) is 11.3 Å². The van der Waals surface area contributed by atoms with Crippen molar-refractivity contribution in [2.75, 3.05) is 7.11 Å². The van der Waals surface area contributed by atoms with Crippen LogP contribution in [0.2, 0.25) is 0 Å². The van der Waals surface area contributed by atoms with Gasteiger partial charge in [0, 0.05) is 13.3 Å². The number of carbonyl (C=O) groups excluding carboxylic acids is 1. The molecule has 0 aromatic carbocycles. The molecule has 0 heterocycles. The maximum absolute atomic E-state index is 11.7. The molecule has 172 valence electrons. The van der Waals surface area contributed by atoms with E-state index in [1.165, 1.54) is 71.3 Å². The molecule has 3 aliphatic carbocycles. The average Bonchev–Trinajstić information content (AvgIpc) is 2.74. The predicted octanol–water partition coefficient (Wildman–Crippen LogP) is 6.28. The molecule has 0 aliphatic heterocycles. The number of esters is 1. The third kappa shape index (κ3) is 7.31. The summed E-state index contributed by atoms with van der Waals surface area (Å²) in [5, 5.41) is 17.7. The van der Waals surface area contributed by atoms with Gasteiger partial charge in [0.05, 0.1) is 12.7 Å². The molecule has 0 aromatic heterocycles. The molecule has 0 saturated heterocycles. The summed E-state index contributed by atoms with van der Waals surface area (Å²) >= 11 is 0. The van der Waals surface area contributed by atoms with Gasteiger partial charge in [-0.1, -0.05) is 32.6 Å². The van der Waals surface area contributed by atoms with Crippen LogP contribution in [-0.4, -0.2) is 29.3 Å². The highest BCUT2D eigenvalue weighted by Gasteiger charge is 2.35. The average molecular weight is 423 g/mol. The van der Waals surface area contributed by atoms with Crippen LogP contribution < -0.4 is 0 Å². The molecule has 0 radical (unpaired) electrons. The van der Waals surface area contributed by atoms with Crippen molar-refractivity contribution >= 4 is 11.9 Å². The van der Waals surface area contributed by atoms with Gasteiger partial charge in [-0.2, -0.15) is 0 Å². The Morgan fingerprint density at radius 3 is 1.80 bits per heavy atom. The van der Waals surface area contributed by atoms with E-state index in [1.54, 1.807) is 0 Å². The number of hydrogen-bond acceptors (Lipinski definition) is 4. The van der Waals surface area contributed by atoms with E-state index in [4.69, 9.17) is 14.6 Å². The Hall–Kier alpha value is -1.52. The zero-order valence-corrected chi connectivity index (χ0v) is 19.2. The molecule has 5 nitrogen and oxygen atoms in total. The van der Waals surface area contributed by atoms with Gasteiger partial charge in [0.2, 0.25) is 0 Å². The first-order chi connectivity index (χ1) is 14.3. The first kappa shape index (κ1) is 24.7. The van der Waals surface area contributed by atoms with Gasteiger partial charge in [-0.3, -0.25) is 4.79 Å². The van der Waals surface area contributed by atoms with E-state index in [0.29, 0.717) is 30.1 Å². The minimum atomic E-state index is -0.833. The van der Waals surface area contributed by atoms with E-state index < -0.39 is 5.97 Å². The summed E-state index contributed by atoms with van der Waals surface area (Å²) in [7, 11) is 1.39. The van der Waals surface area contributed by atoms with Gasteiger partial charge in [-0.25, -0.2) is 4.79 Å². The fourth-order valence-corrected chi connectivity index (χ4v) is 6.14. The largest absolute Gasteiger partial charge is 0.512 e. The summed E-state index contributed by atoms with van der Waals surface area (Å²) in [4.78, 5) is 20.7. The second-order valence-electron chi connectivity index (χ2n) is 9.68. The molecular weight excluding hydrogens is 380 g/mol. The van der Waals surface area contributed by atoms with Crippen LogP contribution in [0.3, 0.4) is 0 Å². The molecule has 2 N–H and O–H groups in total. The number of methoxy groups -OCH3 is 1. The quantitative estimate of drug-likeness (QED) is 0.510. The van der Waals surface area contributed by atoms with E-state index in [1.807, 2.05) is 0 Å². The minimum Gasteiger partial charge on any atom is -0.512 e. The van der Waals surface area contributed by atoms with Crippen LogP contribution >= 0.6 is 0 Å². The number of aliphatic hydroxyl groups excluding tert-OH is 1. The third-order valence-corrected chi connectivity index (χ3v) is 7.74. The van der Waals surface area contributed by atoms with Gasteiger partial charge in [-0.15, -0.1) is 0 Å². The van der Waals surface area contributed by atoms with Crippen molar-refractivity contribution in [3.63, 3.8) is 0 Å². The summed E-state index contributed by atoms with van der Waals surface area (Å²) in [6, 6.07) is 0. The van der Waals surface area contributed by atoms with Crippen LogP contribution in [0, 0.1) is 29.6 Å². The smallest absolute Gasteiger partial charge is 0.337 e. The van der Waals surface area contributed by atoms with Crippen LogP contribution in [0.1, 0.15) is 97.3 Å². The summed E-state index contributed by atoms with van der Waals surface area (Å²) in [5.41, 5.74) is 0.515. The van der Waals surface area contributed by atoms with Gasteiger partial charge < -0.3 is 14.9 Å². The van der Waals surface area contributed by atoms with Gasteiger partial charge in [0.1, 0.15) is 5.76 Å². The Morgan fingerprint density at radius 2 is 1.37 bits per heavy atom. The fraction of sp³-hybridized carbons (Fsp3) is 0.840. The van der Waals surface area contributed by atoms with E-state index >= 15 is 0 Å².